The van der Waals surface area contributed by atoms with Crippen LogP contribution in [-0.4, -0.2) is 36.5 Å². The minimum Gasteiger partial charge on any atom is -0.376 e. The number of amides is 1. The standard InChI is InChI=1S/C21H27N3O3/c1-15-12-18(16(2)24(15)14-19-10-7-11-27-19)13-22-23-21(25)20(26-3)17-8-5-4-6-9-17/h4-6,8-9,12-13,19-20H,7,10-11,14H2,1-3H3,(H,23,25)/b22-13-/t19-,20+/m1/s1. The molecule has 27 heavy (non-hydrogen) atoms. The summed E-state index contributed by atoms with van der Waals surface area (Å²) < 4.78 is 13.3. The van der Waals surface area contributed by atoms with Crippen LogP contribution in [0.4, 0.5) is 0 Å². The van der Waals surface area contributed by atoms with Crippen LogP contribution in [0.1, 0.15) is 41.5 Å². The van der Waals surface area contributed by atoms with E-state index in [0.717, 1.165) is 48.5 Å². The van der Waals surface area contributed by atoms with E-state index >= 15 is 0 Å². The third kappa shape index (κ3) is 4.64. The van der Waals surface area contributed by atoms with Crippen molar-refractivity contribution in [3.05, 3.63) is 58.9 Å². The van der Waals surface area contributed by atoms with Gasteiger partial charge in [0.2, 0.25) is 0 Å². The molecule has 1 fully saturated rings. The summed E-state index contributed by atoms with van der Waals surface area (Å²) in [6.45, 7) is 5.85. The van der Waals surface area contributed by atoms with Gasteiger partial charge in [0.15, 0.2) is 6.10 Å². The fourth-order valence-corrected chi connectivity index (χ4v) is 3.48. The Morgan fingerprint density at radius 3 is 2.85 bits per heavy atom. The number of hydrogen-bond acceptors (Lipinski definition) is 4. The van der Waals surface area contributed by atoms with Crippen LogP contribution >= 0.6 is 0 Å². The van der Waals surface area contributed by atoms with Crippen LogP contribution in [0.2, 0.25) is 0 Å². The second kappa shape index (κ2) is 8.97. The number of benzene rings is 1. The Bertz CT molecular complexity index is 793. The molecule has 1 saturated heterocycles. The Balaban J connectivity index is 1.64. The van der Waals surface area contributed by atoms with Crippen molar-refractivity contribution >= 4 is 12.1 Å². The molecule has 6 heteroatoms. The van der Waals surface area contributed by atoms with Crippen molar-refractivity contribution in [1.29, 1.82) is 0 Å². The topological polar surface area (TPSA) is 64.8 Å². The minimum absolute atomic E-state index is 0.285. The average Bonchev–Trinajstić information content (AvgIpc) is 3.27. The highest BCUT2D eigenvalue weighted by atomic mass is 16.5. The number of methoxy groups -OCH3 is 1. The summed E-state index contributed by atoms with van der Waals surface area (Å²) in [5.74, 6) is -0.298. The maximum Gasteiger partial charge on any atom is 0.273 e. The summed E-state index contributed by atoms with van der Waals surface area (Å²) in [6.07, 6.45) is 3.52. The fourth-order valence-electron chi connectivity index (χ4n) is 3.48. The molecular formula is C21H27N3O3. The van der Waals surface area contributed by atoms with Crippen LogP contribution < -0.4 is 5.43 Å². The van der Waals surface area contributed by atoms with Gasteiger partial charge in [-0.25, -0.2) is 5.43 Å². The number of hydrazone groups is 1. The Labute approximate surface area is 160 Å². The molecule has 0 aliphatic carbocycles. The summed E-state index contributed by atoms with van der Waals surface area (Å²) in [7, 11) is 1.51. The lowest BCUT2D eigenvalue weighted by Gasteiger charge is -2.14. The van der Waals surface area contributed by atoms with Gasteiger partial charge in [0.25, 0.3) is 5.91 Å². The van der Waals surface area contributed by atoms with E-state index in [1.807, 2.05) is 30.3 Å². The third-order valence-corrected chi connectivity index (χ3v) is 4.98. The van der Waals surface area contributed by atoms with Gasteiger partial charge >= 0.3 is 0 Å². The molecule has 1 aromatic heterocycles. The number of ether oxygens (including phenoxy) is 2. The molecule has 1 aromatic carbocycles. The number of nitrogens with one attached hydrogen (secondary N) is 1. The first-order valence-corrected chi connectivity index (χ1v) is 9.29. The molecular weight excluding hydrogens is 342 g/mol. The zero-order valence-corrected chi connectivity index (χ0v) is 16.1. The first-order valence-electron chi connectivity index (χ1n) is 9.29. The lowest BCUT2D eigenvalue weighted by molar-refractivity contribution is -0.131. The van der Waals surface area contributed by atoms with Crippen molar-refractivity contribution in [2.75, 3.05) is 13.7 Å². The van der Waals surface area contributed by atoms with Crippen molar-refractivity contribution in [1.82, 2.24) is 9.99 Å². The second-order valence-corrected chi connectivity index (χ2v) is 6.83. The van der Waals surface area contributed by atoms with Crippen molar-refractivity contribution in [3.63, 3.8) is 0 Å². The molecule has 1 N–H and O–H groups in total. The van der Waals surface area contributed by atoms with Crippen LogP contribution in [-0.2, 0) is 20.8 Å². The SMILES string of the molecule is CO[C@H](C(=O)N/N=C\c1cc(C)n(C[C@H]2CCCO2)c1C)c1ccccc1. The van der Waals surface area contributed by atoms with Gasteiger partial charge in [-0.3, -0.25) is 4.79 Å². The molecule has 1 aliphatic rings. The normalized spacial score (nSPS) is 18.1. The van der Waals surface area contributed by atoms with Crippen LogP contribution in [0.25, 0.3) is 0 Å². The Morgan fingerprint density at radius 2 is 2.19 bits per heavy atom. The van der Waals surface area contributed by atoms with Gasteiger partial charge in [0.1, 0.15) is 0 Å². The number of carbonyl (C=O) groups is 1. The van der Waals surface area contributed by atoms with Crippen LogP contribution in [0.5, 0.6) is 0 Å². The number of aromatic nitrogens is 1. The van der Waals surface area contributed by atoms with Crippen molar-refractivity contribution in [3.8, 4) is 0 Å². The maximum absolute atomic E-state index is 12.4. The average molecular weight is 369 g/mol. The molecule has 0 bridgehead atoms. The highest BCUT2D eigenvalue weighted by Crippen LogP contribution is 2.20. The fraction of sp³-hybridized carbons (Fsp3) is 0.429. The maximum atomic E-state index is 12.4. The summed E-state index contributed by atoms with van der Waals surface area (Å²) in [5, 5.41) is 4.13. The van der Waals surface area contributed by atoms with Crippen molar-refractivity contribution in [2.45, 2.75) is 45.4 Å². The highest BCUT2D eigenvalue weighted by Gasteiger charge is 2.20. The highest BCUT2D eigenvalue weighted by molar-refractivity contribution is 5.86. The molecule has 2 atom stereocenters. The number of hydrogen-bond donors (Lipinski definition) is 1. The van der Waals surface area contributed by atoms with Gasteiger partial charge < -0.3 is 14.0 Å². The molecule has 0 unspecified atom stereocenters. The quantitative estimate of drug-likeness (QED) is 0.602. The van der Waals surface area contributed by atoms with E-state index < -0.39 is 6.10 Å². The molecule has 0 radical (unpaired) electrons. The van der Waals surface area contributed by atoms with E-state index in [2.05, 4.69) is 35.0 Å². The zero-order chi connectivity index (χ0) is 19.2. The van der Waals surface area contributed by atoms with E-state index in [-0.39, 0.29) is 12.0 Å². The summed E-state index contributed by atoms with van der Waals surface area (Å²) >= 11 is 0. The molecule has 1 amide bonds. The third-order valence-electron chi connectivity index (χ3n) is 4.98. The summed E-state index contributed by atoms with van der Waals surface area (Å²) in [6, 6.07) is 11.4. The van der Waals surface area contributed by atoms with Gasteiger partial charge in [-0.05, 0) is 38.3 Å². The molecule has 2 aromatic rings. The predicted molar refractivity (Wildman–Crippen MR) is 105 cm³/mol. The predicted octanol–water partition coefficient (Wildman–Crippen LogP) is 3.12. The van der Waals surface area contributed by atoms with E-state index in [1.165, 1.54) is 7.11 Å². The molecule has 3 rings (SSSR count). The molecule has 1 aliphatic heterocycles. The van der Waals surface area contributed by atoms with Gasteiger partial charge in [0, 0.05) is 37.2 Å². The monoisotopic (exact) mass is 369 g/mol. The van der Waals surface area contributed by atoms with Crippen molar-refractivity contribution in [2.24, 2.45) is 5.10 Å². The molecule has 2 heterocycles. The lowest BCUT2D eigenvalue weighted by Crippen LogP contribution is -2.26. The van der Waals surface area contributed by atoms with Crippen molar-refractivity contribution < 1.29 is 14.3 Å². The first kappa shape index (κ1) is 19.3. The molecule has 6 nitrogen and oxygen atoms in total. The van der Waals surface area contributed by atoms with E-state index in [1.54, 1.807) is 6.21 Å². The molecule has 0 saturated carbocycles. The van der Waals surface area contributed by atoms with E-state index in [0.29, 0.717) is 0 Å². The number of rotatable bonds is 7. The summed E-state index contributed by atoms with van der Waals surface area (Å²) in [4.78, 5) is 12.4. The lowest BCUT2D eigenvalue weighted by atomic mass is 10.1. The minimum atomic E-state index is -0.685. The van der Waals surface area contributed by atoms with Crippen LogP contribution in [0, 0.1) is 13.8 Å². The van der Waals surface area contributed by atoms with E-state index in [4.69, 9.17) is 9.47 Å². The number of aryl methyl sites for hydroxylation is 1. The zero-order valence-electron chi connectivity index (χ0n) is 16.1. The van der Waals surface area contributed by atoms with Crippen LogP contribution in [0.3, 0.4) is 0 Å². The van der Waals surface area contributed by atoms with Gasteiger partial charge in [0.05, 0.1) is 12.3 Å². The Kier molecular flexibility index (Phi) is 6.42. The Morgan fingerprint density at radius 1 is 1.41 bits per heavy atom. The number of carbonyl (C=O) groups excluding carboxylic acids is 1. The largest absolute Gasteiger partial charge is 0.376 e. The van der Waals surface area contributed by atoms with Gasteiger partial charge in [-0.1, -0.05) is 30.3 Å². The number of nitrogens with zero attached hydrogens (tertiary/aromatic N) is 2. The molecule has 144 valence electrons. The van der Waals surface area contributed by atoms with Gasteiger partial charge in [-0.2, -0.15) is 5.10 Å². The molecule has 0 spiro atoms. The first-order chi connectivity index (χ1) is 13.1. The smallest absolute Gasteiger partial charge is 0.273 e. The van der Waals surface area contributed by atoms with E-state index in [9.17, 15) is 4.79 Å². The second-order valence-electron chi connectivity index (χ2n) is 6.83. The Hall–Kier alpha value is -2.44. The summed E-state index contributed by atoms with van der Waals surface area (Å²) in [5.41, 5.74) is 6.64. The van der Waals surface area contributed by atoms with Gasteiger partial charge in [-0.15, -0.1) is 0 Å². The van der Waals surface area contributed by atoms with Crippen LogP contribution in [0.15, 0.2) is 41.5 Å².